The van der Waals surface area contributed by atoms with Gasteiger partial charge in [0.05, 0.1) is 12.7 Å². The smallest absolute Gasteiger partial charge is 0.465 e. The molecule has 0 N–H and O–H groups in total. The van der Waals surface area contributed by atoms with Gasteiger partial charge in [0, 0.05) is 5.56 Å². The molecule has 0 saturated heterocycles. The summed E-state index contributed by atoms with van der Waals surface area (Å²) in [7, 11) is -4.83. The lowest BCUT2D eigenvalue weighted by Crippen LogP contribution is -2.25. The number of ether oxygens (including phenoxy) is 1. The third kappa shape index (κ3) is 3.37. The van der Waals surface area contributed by atoms with Gasteiger partial charge in [-0.2, -0.15) is 21.6 Å². The zero-order chi connectivity index (χ0) is 18.1. The number of hydrogen-bond donors (Lipinski definition) is 0. The van der Waals surface area contributed by atoms with E-state index < -0.39 is 38.7 Å². The number of rotatable bonds is 3. The molecule has 132 valence electrons. The van der Waals surface area contributed by atoms with Crippen LogP contribution in [-0.4, -0.2) is 27.0 Å². The molecule has 0 fully saturated rings. The third-order valence-corrected chi connectivity index (χ3v) is 4.32. The van der Waals surface area contributed by atoms with Crippen molar-refractivity contribution in [1.29, 1.82) is 0 Å². The first-order valence-corrected chi connectivity index (χ1v) is 8.10. The molecule has 0 radical (unpaired) electrons. The number of carbonyl (C=O) groups is 1. The summed E-state index contributed by atoms with van der Waals surface area (Å²) in [6.07, 6.45) is 1.77. The average Bonchev–Trinajstić information content (AvgIpc) is 2.68. The van der Waals surface area contributed by atoms with E-state index in [1.807, 2.05) is 0 Å². The summed E-state index contributed by atoms with van der Waals surface area (Å²) in [6.45, 7) is 0. The van der Waals surface area contributed by atoms with Crippen molar-refractivity contribution in [2.75, 3.05) is 7.11 Å². The van der Waals surface area contributed by atoms with Crippen molar-refractivity contribution in [3.8, 4) is 0 Å². The normalized spacial score (nSPS) is 15.1. The third-order valence-electron chi connectivity index (χ3n) is 3.36. The molecule has 24 heavy (non-hydrogen) atoms. The van der Waals surface area contributed by atoms with E-state index in [4.69, 9.17) is 0 Å². The van der Waals surface area contributed by atoms with E-state index in [1.165, 1.54) is 0 Å². The Morgan fingerprint density at radius 1 is 1.25 bits per heavy atom. The first kappa shape index (κ1) is 18.2. The lowest BCUT2D eigenvalue weighted by atomic mass is 9.99. The summed E-state index contributed by atoms with van der Waals surface area (Å²) in [6, 6.07) is 2.14. The van der Waals surface area contributed by atoms with Crippen molar-refractivity contribution in [1.82, 2.24) is 0 Å². The molecule has 0 amide bonds. The number of hydrogen-bond acceptors (Lipinski definition) is 5. The summed E-state index contributed by atoms with van der Waals surface area (Å²) < 4.78 is 82.9. The number of methoxy groups -OCH3 is 1. The Balaban J connectivity index is 2.52. The Labute approximate surface area is 135 Å². The van der Waals surface area contributed by atoms with Crippen LogP contribution in [-0.2, 0) is 25.5 Å². The molecule has 1 aromatic rings. The molecule has 0 atom stereocenters. The largest absolute Gasteiger partial charge is 0.534 e. The van der Waals surface area contributed by atoms with Gasteiger partial charge >= 0.3 is 21.6 Å². The van der Waals surface area contributed by atoms with Gasteiger partial charge in [0.15, 0.2) is 0 Å². The van der Waals surface area contributed by atoms with Crippen LogP contribution in [0.5, 0.6) is 0 Å². The highest BCUT2D eigenvalue weighted by Crippen LogP contribution is 2.34. The second-order valence-electron chi connectivity index (χ2n) is 4.89. The fourth-order valence-corrected chi connectivity index (χ4v) is 2.72. The molecule has 1 aliphatic carbocycles. The number of fused-ring (bicyclic) bond motifs is 1. The van der Waals surface area contributed by atoms with Gasteiger partial charge in [-0.3, -0.25) is 0 Å². The molecule has 0 unspecified atom stereocenters. The van der Waals surface area contributed by atoms with Gasteiger partial charge in [0.2, 0.25) is 0 Å². The molecule has 0 bridgehead atoms. The van der Waals surface area contributed by atoms with Crippen molar-refractivity contribution in [2.45, 2.75) is 24.8 Å². The van der Waals surface area contributed by atoms with E-state index in [2.05, 4.69) is 8.92 Å². The highest BCUT2D eigenvalue weighted by atomic mass is 32.2. The number of benzene rings is 1. The summed E-state index contributed by atoms with van der Waals surface area (Å²) in [4.78, 5) is 11.5. The topological polar surface area (TPSA) is 69.7 Å². The number of halogens is 4. The lowest BCUT2D eigenvalue weighted by molar-refractivity contribution is -0.0509. The summed E-state index contributed by atoms with van der Waals surface area (Å²) in [5.41, 5.74) is -6.24. The summed E-state index contributed by atoms with van der Waals surface area (Å²) >= 11 is 0. The summed E-state index contributed by atoms with van der Waals surface area (Å²) in [5, 5.41) is 0. The van der Waals surface area contributed by atoms with E-state index >= 15 is 0 Å². The first-order chi connectivity index (χ1) is 11.1. The van der Waals surface area contributed by atoms with E-state index in [1.54, 1.807) is 0 Å². The number of alkyl halides is 3. The second kappa shape index (κ2) is 6.42. The standard InChI is InChI=1S/C14H12F4O5S/c1-22-13(19)10-7-6-8-9(12(10)15)4-2-3-5-11(8)23-24(20,21)14(16,17)18/h5-7H,2-4H2,1H3. The fourth-order valence-electron chi connectivity index (χ4n) is 2.23. The molecule has 0 heterocycles. The molecule has 0 spiro atoms. The van der Waals surface area contributed by atoms with Crippen LogP contribution in [0.25, 0.3) is 5.76 Å². The van der Waals surface area contributed by atoms with Gasteiger partial charge in [-0.1, -0.05) is 0 Å². The molecule has 10 heteroatoms. The van der Waals surface area contributed by atoms with Crippen LogP contribution < -0.4 is 0 Å². The first-order valence-electron chi connectivity index (χ1n) is 6.69. The van der Waals surface area contributed by atoms with Crippen molar-refractivity contribution in [3.63, 3.8) is 0 Å². The molecule has 0 aliphatic heterocycles. The number of esters is 1. The Bertz CT molecular complexity index is 796. The zero-order valence-corrected chi connectivity index (χ0v) is 13.1. The Morgan fingerprint density at radius 2 is 1.92 bits per heavy atom. The highest BCUT2D eigenvalue weighted by molar-refractivity contribution is 7.87. The van der Waals surface area contributed by atoms with Crippen LogP contribution in [0.3, 0.4) is 0 Å². The molecular formula is C14H12F4O5S. The van der Waals surface area contributed by atoms with Crippen LogP contribution in [0.1, 0.15) is 34.3 Å². The molecule has 0 saturated carbocycles. The van der Waals surface area contributed by atoms with Crippen molar-refractivity contribution in [2.24, 2.45) is 0 Å². The molecular weight excluding hydrogens is 356 g/mol. The molecule has 2 rings (SSSR count). The van der Waals surface area contributed by atoms with Gasteiger partial charge in [-0.05, 0) is 43.0 Å². The van der Waals surface area contributed by atoms with E-state index in [9.17, 15) is 30.8 Å². The SMILES string of the molecule is COC(=O)c1ccc2c(c1F)CCCC=C2OS(=O)(=O)C(F)(F)F. The van der Waals surface area contributed by atoms with Crippen LogP contribution in [0.4, 0.5) is 17.6 Å². The quantitative estimate of drug-likeness (QED) is 0.355. The maximum Gasteiger partial charge on any atom is 0.534 e. The van der Waals surface area contributed by atoms with Gasteiger partial charge in [0.25, 0.3) is 0 Å². The monoisotopic (exact) mass is 368 g/mol. The van der Waals surface area contributed by atoms with E-state index in [0.29, 0.717) is 6.42 Å². The Hall–Kier alpha value is -2.10. The van der Waals surface area contributed by atoms with Crippen molar-refractivity contribution in [3.05, 3.63) is 40.7 Å². The molecule has 5 nitrogen and oxygen atoms in total. The number of carbonyl (C=O) groups excluding carboxylic acids is 1. The predicted molar refractivity (Wildman–Crippen MR) is 74.7 cm³/mol. The van der Waals surface area contributed by atoms with Crippen LogP contribution in [0.2, 0.25) is 0 Å². The lowest BCUT2D eigenvalue weighted by Gasteiger charge is -2.15. The fraction of sp³-hybridized carbons (Fsp3) is 0.357. The predicted octanol–water partition coefficient (Wildman–Crippen LogP) is 3.16. The van der Waals surface area contributed by atoms with Crippen LogP contribution in [0, 0.1) is 5.82 Å². The van der Waals surface area contributed by atoms with Gasteiger partial charge in [0.1, 0.15) is 11.6 Å². The van der Waals surface area contributed by atoms with Gasteiger partial charge in [-0.15, -0.1) is 0 Å². The van der Waals surface area contributed by atoms with Crippen molar-refractivity contribution < 1.29 is 39.7 Å². The minimum atomic E-state index is -5.88. The van der Waals surface area contributed by atoms with Crippen molar-refractivity contribution >= 4 is 21.8 Å². The zero-order valence-electron chi connectivity index (χ0n) is 12.3. The molecule has 1 aromatic carbocycles. The van der Waals surface area contributed by atoms with Crippen LogP contribution >= 0.6 is 0 Å². The van der Waals surface area contributed by atoms with E-state index in [-0.39, 0.29) is 24.0 Å². The second-order valence-corrected chi connectivity index (χ2v) is 6.43. The molecule has 0 aromatic heterocycles. The maximum absolute atomic E-state index is 14.5. The minimum Gasteiger partial charge on any atom is -0.465 e. The summed E-state index contributed by atoms with van der Waals surface area (Å²) in [5.74, 6) is -2.54. The maximum atomic E-state index is 14.5. The van der Waals surface area contributed by atoms with Gasteiger partial charge in [-0.25, -0.2) is 9.18 Å². The van der Waals surface area contributed by atoms with E-state index in [0.717, 1.165) is 25.3 Å². The number of allylic oxidation sites excluding steroid dienone is 1. The molecule has 1 aliphatic rings. The Kier molecular flexibility index (Phi) is 4.88. The average molecular weight is 368 g/mol. The Morgan fingerprint density at radius 3 is 2.50 bits per heavy atom. The van der Waals surface area contributed by atoms with Gasteiger partial charge < -0.3 is 8.92 Å². The van der Waals surface area contributed by atoms with Crippen LogP contribution in [0.15, 0.2) is 18.2 Å². The highest BCUT2D eigenvalue weighted by Gasteiger charge is 2.49. The minimum absolute atomic E-state index is 0.0981.